The predicted octanol–water partition coefficient (Wildman–Crippen LogP) is 8.96. The minimum Gasteiger partial charge on any atom is -0.507 e. The molecule has 0 unspecified atom stereocenters. The van der Waals surface area contributed by atoms with E-state index in [1.54, 1.807) is 45.4 Å². The van der Waals surface area contributed by atoms with Crippen LogP contribution >= 0.6 is 11.6 Å². The summed E-state index contributed by atoms with van der Waals surface area (Å²) in [5, 5.41) is 13.1. The number of carbonyl (C=O) groups is 4. The Morgan fingerprint density at radius 1 is 0.810 bits per heavy atom. The van der Waals surface area contributed by atoms with E-state index in [1.807, 2.05) is 72.8 Å². The van der Waals surface area contributed by atoms with Crippen molar-refractivity contribution < 1.29 is 38.1 Å². The zero-order valence-corrected chi connectivity index (χ0v) is 32.6. The maximum atomic E-state index is 14.8. The van der Waals surface area contributed by atoms with Crippen molar-refractivity contribution in [2.45, 2.75) is 25.7 Å². The van der Waals surface area contributed by atoms with Gasteiger partial charge in [0, 0.05) is 22.4 Å². The minimum absolute atomic E-state index is 0.0234. The van der Waals surface area contributed by atoms with Gasteiger partial charge in [-0.2, -0.15) is 0 Å². The molecule has 4 amide bonds. The van der Waals surface area contributed by atoms with Crippen LogP contribution in [0.3, 0.4) is 0 Å². The third-order valence-corrected chi connectivity index (χ3v) is 13.0. The standard InChI is InChI=1S/C47H38ClFN2O7/c1-47-36(44(54)51(46(47)56)29-15-20-38(49)37(48)23-29)24-35-32(41(47)34-17-12-26-6-4-5-7-31(26)42(34)52)18-19-33-40(35)45(55)50(43(33)53)28-13-9-25(10-14-28)8-11-27-22-30(57-2)16-21-39(27)58-3/h4-18,20-23,33,35-36,40-41,52H,19,24H2,1-3H3/t33-,35+,36-,40-,41+,47+/m0/s1. The molecule has 3 fully saturated rings. The average Bonchev–Trinajstić information content (AvgIpc) is 3.60. The molecule has 0 spiro atoms. The van der Waals surface area contributed by atoms with Gasteiger partial charge in [-0.15, -0.1) is 0 Å². The summed E-state index contributed by atoms with van der Waals surface area (Å²) in [7, 11) is 3.19. The molecule has 0 aromatic heterocycles. The van der Waals surface area contributed by atoms with Crippen molar-refractivity contribution in [1.29, 1.82) is 0 Å². The fourth-order valence-corrected chi connectivity index (χ4v) is 10.1. The number of phenols is 1. The summed E-state index contributed by atoms with van der Waals surface area (Å²) in [5.74, 6) is -4.94. The molecule has 5 aromatic rings. The topological polar surface area (TPSA) is 113 Å². The second-order valence-electron chi connectivity index (χ2n) is 15.5. The number of carbonyl (C=O) groups excluding carboxylic acids is 4. The van der Waals surface area contributed by atoms with Gasteiger partial charge in [0.15, 0.2) is 0 Å². The number of allylic oxidation sites excluding steroid dienone is 2. The summed E-state index contributed by atoms with van der Waals surface area (Å²) in [6.45, 7) is 1.74. The van der Waals surface area contributed by atoms with Gasteiger partial charge in [0.05, 0.1) is 53.8 Å². The van der Waals surface area contributed by atoms with Crippen LogP contribution in [0.25, 0.3) is 22.9 Å². The molecule has 2 aliphatic carbocycles. The molecule has 1 N–H and O–H groups in total. The Morgan fingerprint density at radius 2 is 1.57 bits per heavy atom. The van der Waals surface area contributed by atoms with Gasteiger partial charge in [-0.05, 0) is 85.2 Å². The zero-order valence-electron chi connectivity index (χ0n) is 31.8. The van der Waals surface area contributed by atoms with Gasteiger partial charge < -0.3 is 14.6 Å². The van der Waals surface area contributed by atoms with E-state index in [1.165, 1.54) is 17.0 Å². The third kappa shape index (κ3) is 5.56. The molecular weight excluding hydrogens is 759 g/mol. The van der Waals surface area contributed by atoms with Gasteiger partial charge in [-0.1, -0.05) is 83.9 Å². The number of phenolic OH excluding ortho intramolecular Hbond substituents is 1. The fraction of sp³-hybridized carbons (Fsp3) is 0.234. The van der Waals surface area contributed by atoms with Crippen LogP contribution < -0.4 is 19.3 Å². The molecule has 9 rings (SSSR count). The van der Waals surface area contributed by atoms with Crippen molar-refractivity contribution in [1.82, 2.24) is 0 Å². The van der Waals surface area contributed by atoms with Gasteiger partial charge in [0.1, 0.15) is 23.1 Å². The molecule has 5 aromatic carbocycles. The average molecular weight is 797 g/mol. The number of nitrogens with zero attached hydrogens (tertiary/aromatic N) is 2. The van der Waals surface area contributed by atoms with Gasteiger partial charge in [0.2, 0.25) is 23.6 Å². The quantitative estimate of drug-likeness (QED) is 0.0994. The van der Waals surface area contributed by atoms with Crippen LogP contribution in [0.15, 0.2) is 109 Å². The Kier molecular flexibility index (Phi) is 9.00. The van der Waals surface area contributed by atoms with Gasteiger partial charge in [-0.3, -0.25) is 24.1 Å². The lowest BCUT2D eigenvalue weighted by molar-refractivity contribution is -0.131. The largest absolute Gasteiger partial charge is 0.507 e. The first kappa shape index (κ1) is 37.3. The van der Waals surface area contributed by atoms with Crippen molar-refractivity contribution in [2.24, 2.45) is 29.1 Å². The van der Waals surface area contributed by atoms with E-state index in [2.05, 4.69) is 0 Å². The number of rotatable bonds is 7. The zero-order chi connectivity index (χ0) is 40.6. The van der Waals surface area contributed by atoms with Crippen LogP contribution in [0.1, 0.15) is 42.4 Å². The van der Waals surface area contributed by atoms with Crippen molar-refractivity contribution in [3.8, 4) is 17.2 Å². The summed E-state index contributed by atoms with van der Waals surface area (Å²) < 4.78 is 25.2. The van der Waals surface area contributed by atoms with E-state index in [-0.39, 0.29) is 41.1 Å². The third-order valence-electron chi connectivity index (χ3n) is 12.7. The summed E-state index contributed by atoms with van der Waals surface area (Å²) in [6.07, 6.45) is 6.10. The van der Waals surface area contributed by atoms with Crippen LogP contribution in [0, 0.1) is 34.9 Å². The lowest BCUT2D eigenvalue weighted by Crippen LogP contribution is -2.48. The molecule has 0 bridgehead atoms. The lowest BCUT2D eigenvalue weighted by Gasteiger charge is -2.49. The van der Waals surface area contributed by atoms with E-state index in [9.17, 15) is 28.7 Å². The Hall–Kier alpha value is -6.26. The van der Waals surface area contributed by atoms with Crippen molar-refractivity contribution >= 4 is 69.5 Å². The minimum atomic E-state index is -1.41. The maximum Gasteiger partial charge on any atom is 0.241 e. The van der Waals surface area contributed by atoms with E-state index in [4.69, 9.17) is 21.1 Å². The predicted molar refractivity (Wildman–Crippen MR) is 219 cm³/mol. The van der Waals surface area contributed by atoms with Crippen molar-refractivity contribution in [2.75, 3.05) is 24.0 Å². The number of anilines is 2. The number of hydrogen-bond donors (Lipinski definition) is 1. The SMILES string of the molecule is COc1ccc(OC)c(C=Cc2ccc(N3C(=O)[C@H]4[C@H](CC=C5[C@H]4C[C@H]4C(=O)N(c6ccc(F)c(Cl)c6)C(=O)[C@@]4(C)[C@H]5c4ccc5ccccc5c4O)C3=O)cc2)c1. The molecule has 1 saturated carbocycles. The molecule has 6 atom stereocenters. The maximum absolute atomic E-state index is 14.8. The molecular formula is C47H38ClFN2O7. The second kappa shape index (κ2) is 14.0. The Morgan fingerprint density at radius 3 is 2.31 bits per heavy atom. The highest BCUT2D eigenvalue weighted by atomic mass is 35.5. The smallest absolute Gasteiger partial charge is 0.241 e. The second-order valence-corrected chi connectivity index (χ2v) is 15.9. The first-order chi connectivity index (χ1) is 28.0. The number of methoxy groups -OCH3 is 2. The molecule has 292 valence electrons. The van der Waals surface area contributed by atoms with Crippen LogP contribution in [0.4, 0.5) is 15.8 Å². The molecule has 4 aliphatic rings. The summed E-state index contributed by atoms with van der Waals surface area (Å²) in [4.78, 5) is 60.6. The highest BCUT2D eigenvalue weighted by Gasteiger charge is 2.68. The molecule has 0 radical (unpaired) electrons. The van der Waals surface area contributed by atoms with E-state index >= 15 is 0 Å². The van der Waals surface area contributed by atoms with Crippen LogP contribution in [-0.4, -0.2) is 43.0 Å². The van der Waals surface area contributed by atoms with Crippen LogP contribution in [0.5, 0.6) is 17.2 Å². The molecule has 2 saturated heterocycles. The fourth-order valence-electron chi connectivity index (χ4n) is 9.88. The number of amides is 4. The van der Waals surface area contributed by atoms with E-state index < -0.39 is 52.6 Å². The normalized spacial score (nSPS) is 25.3. The van der Waals surface area contributed by atoms with Gasteiger partial charge in [-0.25, -0.2) is 9.29 Å². The number of halogens is 2. The highest BCUT2D eigenvalue weighted by molar-refractivity contribution is 6.32. The Labute approximate surface area is 338 Å². The summed E-state index contributed by atoms with van der Waals surface area (Å²) in [5.41, 5.74) is 1.98. The van der Waals surface area contributed by atoms with Crippen molar-refractivity contribution in [3.05, 3.63) is 136 Å². The van der Waals surface area contributed by atoms with E-state index in [0.717, 1.165) is 33.1 Å². The molecule has 2 heterocycles. The van der Waals surface area contributed by atoms with E-state index in [0.29, 0.717) is 28.1 Å². The molecule has 11 heteroatoms. The molecule has 9 nitrogen and oxygen atoms in total. The Bertz CT molecular complexity index is 2640. The van der Waals surface area contributed by atoms with Crippen LogP contribution in [-0.2, 0) is 19.2 Å². The van der Waals surface area contributed by atoms with Crippen LogP contribution in [0.2, 0.25) is 5.02 Å². The van der Waals surface area contributed by atoms with Gasteiger partial charge >= 0.3 is 0 Å². The molecule has 2 aliphatic heterocycles. The number of imide groups is 2. The number of fused-ring (bicyclic) bond motifs is 5. The Balaban J connectivity index is 1.09. The van der Waals surface area contributed by atoms with Gasteiger partial charge in [0.25, 0.3) is 0 Å². The number of aromatic hydroxyl groups is 1. The number of ether oxygens (including phenoxy) is 2. The lowest BCUT2D eigenvalue weighted by atomic mass is 9.51. The first-order valence-electron chi connectivity index (χ1n) is 19.1. The number of hydrogen-bond acceptors (Lipinski definition) is 7. The monoisotopic (exact) mass is 796 g/mol. The molecule has 58 heavy (non-hydrogen) atoms. The highest BCUT2D eigenvalue weighted by Crippen LogP contribution is 2.65. The number of benzene rings is 5. The first-order valence-corrected chi connectivity index (χ1v) is 19.5. The summed E-state index contributed by atoms with van der Waals surface area (Å²) >= 11 is 6.15. The summed E-state index contributed by atoms with van der Waals surface area (Å²) in [6, 6.07) is 27.3. The van der Waals surface area contributed by atoms with Crippen molar-refractivity contribution in [3.63, 3.8) is 0 Å².